The van der Waals surface area contributed by atoms with Gasteiger partial charge >= 0.3 is 11.9 Å². The molecule has 0 spiro atoms. The summed E-state index contributed by atoms with van der Waals surface area (Å²) in [4.78, 5) is 23.1. The standard InChI is InChI=1S/C11H17NO4/c1-7(2)8(3)9(13)16-11(6-12)4-5-15-10(11)14/h6-8,12H,4-5H2,1-3H3. The Morgan fingerprint density at radius 2 is 2.19 bits per heavy atom. The Morgan fingerprint density at radius 3 is 2.56 bits per heavy atom. The number of hydrogen-bond donors (Lipinski definition) is 1. The minimum absolute atomic E-state index is 0.132. The predicted molar refractivity (Wildman–Crippen MR) is 57.2 cm³/mol. The summed E-state index contributed by atoms with van der Waals surface area (Å²) in [5.74, 6) is -1.28. The van der Waals surface area contributed by atoms with Crippen molar-refractivity contribution in [1.29, 1.82) is 5.41 Å². The molecule has 0 amide bonds. The van der Waals surface area contributed by atoms with E-state index in [2.05, 4.69) is 0 Å². The third kappa shape index (κ3) is 2.23. The molecule has 1 N–H and O–H groups in total. The summed E-state index contributed by atoms with van der Waals surface area (Å²) >= 11 is 0. The van der Waals surface area contributed by atoms with Gasteiger partial charge < -0.3 is 14.9 Å². The summed E-state index contributed by atoms with van der Waals surface area (Å²) in [5.41, 5.74) is -1.49. The molecule has 0 radical (unpaired) electrons. The van der Waals surface area contributed by atoms with Gasteiger partial charge in [0.05, 0.1) is 18.7 Å². The van der Waals surface area contributed by atoms with Crippen molar-refractivity contribution in [3.8, 4) is 0 Å². The number of esters is 2. The van der Waals surface area contributed by atoms with Gasteiger partial charge in [0.25, 0.3) is 0 Å². The molecule has 0 saturated carbocycles. The smallest absolute Gasteiger partial charge is 0.356 e. The highest BCUT2D eigenvalue weighted by Crippen LogP contribution is 2.25. The van der Waals surface area contributed by atoms with E-state index in [0.29, 0.717) is 0 Å². The maximum atomic E-state index is 11.7. The molecule has 1 aliphatic heterocycles. The average molecular weight is 227 g/mol. The molecule has 0 aromatic heterocycles. The fourth-order valence-corrected chi connectivity index (χ4v) is 1.32. The van der Waals surface area contributed by atoms with Crippen molar-refractivity contribution in [3.05, 3.63) is 0 Å². The van der Waals surface area contributed by atoms with E-state index in [-0.39, 0.29) is 24.9 Å². The van der Waals surface area contributed by atoms with Crippen molar-refractivity contribution in [3.63, 3.8) is 0 Å². The number of carbonyl (C=O) groups is 2. The zero-order valence-electron chi connectivity index (χ0n) is 9.78. The quantitative estimate of drug-likeness (QED) is 0.577. The first kappa shape index (κ1) is 12.7. The summed E-state index contributed by atoms with van der Waals surface area (Å²) < 4.78 is 9.86. The van der Waals surface area contributed by atoms with Crippen molar-refractivity contribution in [2.75, 3.05) is 6.61 Å². The molecule has 0 aromatic rings. The maximum absolute atomic E-state index is 11.7. The van der Waals surface area contributed by atoms with Crippen LogP contribution in [0.2, 0.25) is 0 Å². The normalized spacial score (nSPS) is 26.4. The highest BCUT2D eigenvalue weighted by Gasteiger charge is 2.47. The highest BCUT2D eigenvalue weighted by molar-refractivity contribution is 6.01. The van der Waals surface area contributed by atoms with Crippen LogP contribution in [-0.4, -0.2) is 30.4 Å². The van der Waals surface area contributed by atoms with Crippen molar-refractivity contribution >= 4 is 18.2 Å². The van der Waals surface area contributed by atoms with Crippen LogP contribution in [0.15, 0.2) is 0 Å². The van der Waals surface area contributed by atoms with E-state index in [1.54, 1.807) is 6.92 Å². The van der Waals surface area contributed by atoms with Crippen molar-refractivity contribution in [1.82, 2.24) is 0 Å². The summed E-state index contributed by atoms with van der Waals surface area (Å²) in [6.07, 6.45) is 1.08. The lowest BCUT2D eigenvalue weighted by atomic mass is 9.97. The van der Waals surface area contributed by atoms with E-state index < -0.39 is 17.5 Å². The van der Waals surface area contributed by atoms with Crippen molar-refractivity contribution in [2.24, 2.45) is 11.8 Å². The van der Waals surface area contributed by atoms with Crippen molar-refractivity contribution < 1.29 is 19.1 Å². The van der Waals surface area contributed by atoms with Gasteiger partial charge in [-0.15, -0.1) is 0 Å². The van der Waals surface area contributed by atoms with Gasteiger partial charge in [0, 0.05) is 6.42 Å². The van der Waals surface area contributed by atoms with Gasteiger partial charge in [-0.05, 0) is 5.92 Å². The summed E-state index contributed by atoms with van der Waals surface area (Å²) in [5, 5.41) is 7.22. The van der Waals surface area contributed by atoms with Gasteiger partial charge in [0.15, 0.2) is 0 Å². The third-order valence-corrected chi connectivity index (χ3v) is 2.94. The number of rotatable bonds is 4. The molecule has 0 aromatic carbocycles. The topological polar surface area (TPSA) is 76.5 Å². The third-order valence-electron chi connectivity index (χ3n) is 2.94. The second kappa shape index (κ2) is 4.63. The molecule has 1 rings (SSSR count). The zero-order chi connectivity index (χ0) is 12.3. The van der Waals surface area contributed by atoms with Crippen LogP contribution in [0.25, 0.3) is 0 Å². The monoisotopic (exact) mass is 227 g/mol. The minimum Gasteiger partial charge on any atom is -0.462 e. The molecule has 0 aliphatic carbocycles. The number of carbonyl (C=O) groups excluding carboxylic acids is 2. The molecular weight excluding hydrogens is 210 g/mol. The van der Waals surface area contributed by atoms with E-state index in [4.69, 9.17) is 14.9 Å². The van der Waals surface area contributed by atoms with E-state index in [1.807, 2.05) is 13.8 Å². The summed E-state index contributed by atoms with van der Waals surface area (Å²) in [6.45, 7) is 5.73. The van der Waals surface area contributed by atoms with Gasteiger partial charge in [0.2, 0.25) is 5.60 Å². The van der Waals surface area contributed by atoms with Gasteiger partial charge in [-0.3, -0.25) is 4.79 Å². The van der Waals surface area contributed by atoms with Crippen molar-refractivity contribution in [2.45, 2.75) is 32.8 Å². The van der Waals surface area contributed by atoms with Crippen LogP contribution >= 0.6 is 0 Å². The van der Waals surface area contributed by atoms with E-state index in [1.165, 1.54) is 0 Å². The Kier molecular flexibility index (Phi) is 3.67. The number of hydrogen-bond acceptors (Lipinski definition) is 5. The molecule has 90 valence electrons. The van der Waals surface area contributed by atoms with Crippen LogP contribution in [0, 0.1) is 17.2 Å². The summed E-state index contributed by atoms with van der Waals surface area (Å²) in [6, 6.07) is 0. The van der Waals surface area contributed by atoms with E-state index in [0.717, 1.165) is 6.21 Å². The van der Waals surface area contributed by atoms with Crippen LogP contribution in [0.5, 0.6) is 0 Å². The largest absolute Gasteiger partial charge is 0.462 e. The van der Waals surface area contributed by atoms with Gasteiger partial charge in [-0.25, -0.2) is 4.79 Å². The Bertz CT molecular complexity index is 313. The lowest BCUT2D eigenvalue weighted by Crippen LogP contribution is -2.43. The lowest BCUT2D eigenvalue weighted by molar-refractivity contribution is -0.168. The fraction of sp³-hybridized carbons (Fsp3) is 0.727. The second-order valence-electron chi connectivity index (χ2n) is 4.37. The Balaban J connectivity index is 2.75. The van der Waals surface area contributed by atoms with E-state index in [9.17, 15) is 9.59 Å². The second-order valence-corrected chi connectivity index (χ2v) is 4.37. The van der Waals surface area contributed by atoms with E-state index >= 15 is 0 Å². The SMILES string of the molecule is CC(C)C(C)C(=O)OC1(C=N)CCOC1=O. The van der Waals surface area contributed by atoms with Crippen LogP contribution in [0.1, 0.15) is 27.2 Å². The first-order valence-electron chi connectivity index (χ1n) is 5.34. The van der Waals surface area contributed by atoms with Crippen LogP contribution in [-0.2, 0) is 19.1 Å². The molecule has 5 nitrogen and oxygen atoms in total. The molecule has 0 bridgehead atoms. The molecule has 1 saturated heterocycles. The number of cyclic esters (lactones) is 1. The molecule has 5 heteroatoms. The summed E-state index contributed by atoms with van der Waals surface area (Å²) in [7, 11) is 0. The maximum Gasteiger partial charge on any atom is 0.356 e. The lowest BCUT2D eigenvalue weighted by Gasteiger charge is -2.23. The molecule has 2 unspecified atom stereocenters. The molecule has 1 aliphatic rings. The first-order valence-corrected chi connectivity index (χ1v) is 5.34. The Hall–Kier alpha value is -1.39. The Labute approximate surface area is 94.6 Å². The van der Waals surface area contributed by atoms with Gasteiger partial charge in [-0.2, -0.15) is 0 Å². The zero-order valence-corrected chi connectivity index (χ0v) is 9.78. The highest BCUT2D eigenvalue weighted by atomic mass is 16.6. The molecule has 16 heavy (non-hydrogen) atoms. The van der Waals surface area contributed by atoms with Crippen LogP contribution in [0.4, 0.5) is 0 Å². The molecule has 1 fully saturated rings. The van der Waals surface area contributed by atoms with Crippen LogP contribution < -0.4 is 0 Å². The first-order chi connectivity index (χ1) is 7.43. The fourth-order valence-electron chi connectivity index (χ4n) is 1.32. The average Bonchev–Trinajstić information content (AvgIpc) is 2.59. The number of nitrogens with one attached hydrogen (secondary N) is 1. The van der Waals surface area contributed by atoms with Gasteiger partial charge in [-0.1, -0.05) is 20.8 Å². The molecular formula is C11H17NO4. The van der Waals surface area contributed by atoms with Gasteiger partial charge in [0.1, 0.15) is 0 Å². The Morgan fingerprint density at radius 1 is 1.56 bits per heavy atom. The minimum atomic E-state index is -1.49. The van der Waals surface area contributed by atoms with Crippen LogP contribution in [0.3, 0.4) is 0 Å². The predicted octanol–water partition coefficient (Wildman–Crippen LogP) is 1.16. The molecule has 1 heterocycles. The number of ether oxygens (including phenoxy) is 2. The molecule has 2 atom stereocenters.